The number of carboxylic acids is 1. The maximum Gasteiger partial charge on any atom is 0.346 e. The van der Waals surface area contributed by atoms with Crippen LogP contribution in [0.1, 0.15) is 16.7 Å². The smallest absolute Gasteiger partial charge is 0.346 e. The van der Waals surface area contributed by atoms with E-state index in [-0.39, 0.29) is 5.57 Å². The largest absolute Gasteiger partial charge is 0.497 e. The number of methoxy groups -OCH3 is 1. The van der Waals surface area contributed by atoms with Crippen molar-refractivity contribution in [3.8, 4) is 34.8 Å². The number of ether oxygens (including phenoxy) is 1. The van der Waals surface area contributed by atoms with Crippen molar-refractivity contribution >= 4 is 34.8 Å². The fourth-order valence-corrected chi connectivity index (χ4v) is 3.66. The Kier molecular flexibility index (Phi) is 5.94. The van der Waals surface area contributed by atoms with Crippen molar-refractivity contribution in [3.05, 3.63) is 82.9 Å². The van der Waals surface area contributed by atoms with Crippen LogP contribution in [0.5, 0.6) is 5.75 Å². The summed E-state index contributed by atoms with van der Waals surface area (Å²) in [5, 5.41) is 17.9. The number of aliphatic carboxylic acids is 1. The van der Waals surface area contributed by atoms with Crippen LogP contribution in [0.3, 0.4) is 0 Å². The van der Waals surface area contributed by atoms with E-state index < -0.39 is 5.97 Å². The summed E-state index contributed by atoms with van der Waals surface area (Å²) in [4.78, 5) is 11.0. The second kappa shape index (κ2) is 9.13. The Morgan fingerprint density at radius 1 is 1.00 bits per heavy atom. The number of hydrogen-bond donors (Lipinski definition) is 1. The Morgan fingerprint density at radius 3 is 2.38 bits per heavy atom. The second-order valence-corrected chi connectivity index (χ2v) is 7.23. The minimum Gasteiger partial charge on any atom is -0.497 e. The normalized spacial score (nSPS) is 10.8. The van der Waals surface area contributed by atoms with Crippen molar-refractivity contribution < 1.29 is 14.6 Å². The Bertz CT molecular complexity index is 1430. The van der Waals surface area contributed by atoms with Crippen LogP contribution in [0.2, 0.25) is 0 Å². The highest BCUT2D eigenvalue weighted by Gasteiger charge is 2.11. The zero-order valence-electron chi connectivity index (χ0n) is 16.9. The first-order valence-corrected chi connectivity index (χ1v) is 10.2. The molecule has 32 heavy (non-hydrogen) atoms. The number of nitriles is 1. The SMILES string of the molecule is COc1ccc(C#Cc2ccc(-c3ccc(/C=C(/C#N)C(=O)O)cc3)c3nsnc23)cc1. The number of carboxylic acid groups (broad SMARTS) is 1. The summed E-state index contributed by atoms with van der Waals surface area (Å²) in [6.45, 7) is 0. The molecular weight excluding hydrogens is 422 g/mol. The predicted octanol–water partition coefficient (Wildman–Crippen LogP) is 4.76. The molecule has 0 unspecified atom stereocenters. The number of nitrogens with zero attached hydrogens (tertiary/aromatic N) is 3. The molecule has 0 fully saturated rings. The lowest BCUT2D eigenvalue weighted by atomic mass is 10.00. The average Bonchev–Trinajstić information content (AvgIpc) is 3.32. The van der Waals surface area contributed by atoms with E-state index in [0.29, 0.717) is 5.56 Å². The van der Waals surface area contributed by atoms with E-state index in [1.165, 1.54) is 6.08 Å². The molecule has 1 aromatic heterocycles. The highest BCUT2D eigenvalue weighted by molar-refractivity contribution is 7.00. The molecule has 0 aliphatic rings. The number of fused-ring (bicyclic) bond motifs is 1. The van der Waals surface area contributed by atoms with Gasteiger partial charge < -0.3 is 9.84 Å². The predicted molar refractivity (Wildman–Crippen MR) is 123 cm³/mol. The number of benzene rings is 3. The molecule has 0 atom stereocenters. The monoisotopic (exact) mass is 437 g/mol. The lowest BCUT2D eigenvalue weighted by Gasteiger charge is -2.04. The van der Waals surface area contributed by atoms with Crippen molar-refractivity contribution in [2.75, 3.05) is 7.11 Å². The minimum absolute atomic E-state index is 0.316. The Balaban J connectivity index is 1.66. The second-order valence-electron chi connectivity index (χ2n) is 6.70. The van der Waals surface area contributed by atoms with Gasteiger partial charge in [-0.3, -0.25) is 0 Å². The van der Waals surface area contributed by atoms with Crippen LogP contribution in [0, 0.1) is 23.2 Å². The van der Waals surface area contributed by atoms with Gasteiger partial charge in [0.05, 0.1) is 24.4 Å². The Labute approximate surface area is 188 Å². The van der Waals surface area contributed by atoms with Crippen LogP contribution < -0.4 is 4.74 Å². The lowest BCUT2D eigenvalue weighted by molar-refractivity contribution is -0.132. The first-order valence-electron chi connectivity index (χ1n) is 9.46. The molecule has 7 heteroatoms. The molecule has 0 spiro atoms. The summed E-state index contributed by atoms with van der Waals surface area (Å²) in [5.41, 5.74) is 5.26. The molecule has 1 heterocycles. The number of carbonyl (C=O) groups is 1. The van der Waals surface area contributed by atoms with Crippen molar-refractivity contribution in [3.63, 3.8) is 0 Å². The van der Waals surface area contributed by atoms with Crippen molar-refractivity contribution in [2.24, 2.45) is 0 Å². The molecule has 0 aliphatic heterocycles. The van der Waals surface area contributed by atoms with Gasteiger partial charge in [-0.1, -0.05) is 42.2 Å². The molecule has 4 rings (SSSR count). The van der Waals surface area contributed by atoms with Gasteiger partial charge in [-0.25, -0.2) is 4.79 Å². The average molecular weight is 437 g/mol. The molecule has 6 nitrogen and oxygen atoms in total. The molecule has 0 saturated heterocycles. The van der Waals surface area contributed by atoms with Gasteiger partial charge in [0.2, 0.25) is 0 Å². The molecule has 0 bridgehead atoms. The fourth-order valence-electron chi connectivity index (χ4n) is 3.08. The van der Waals surface area contributed by atoms with E-state index in [1.807, 2.05) is 48.5 Å². The van der Waals surface area contributed by atoms with Crippen LogP contribution >= 0.6 is 11.7 Å². The molecule has 1 N–H and O–H groups in total. The van der Waals surface area contributed by atoms with Crippen LogP contribution in [0.25, 0.3) is 28.2 Å². The van der Waals surface area contributed by atoms with E-state index in [2.05, 4.69) is 20.6 Å². The van der Waals surface area contributed by atoms with Crippen molar-refractivity contribution in [1.82, 2.24) is 8.75 Å². The van der Waals surface area contributed by atoms with E-state index >= 15 is 0 Å². The standard InChI is InChI=1S/C25H15N3O3S/c1-31-21-11-5-16(6-12-21)2-9-19-10-13-22(24-23(19)27-32-28-24)18-7-3-17(4-8-18)14-20(15-26)25(29)30/h3-8,10-14H,1H3,(H,29,30)/b20-14-. The van der Waals surface area contributed by atoms with Gasteiger partial charge in [-0.15, -0.1) is 0 Å². The van der Waals surface area contributed by atoms with Gasteiger partial charge in [0.1, 0.15) is 28.4 Å². The summed E-state index contributed by atoms with van der Waals surface area (Å²) in [7, 11) is 1.62. The molecular formula is C25H15N3O3S. The summed E-state index contributed by atoms with van der Waals surface area (Å²) < 4.78 is 14.1. The van der Waals surface area contributed by atoms with E-state index in [9.17, 15) is 4.79 Å². The van der Waals surface area contributed by atoms with Crippen LogP contribution in [0.4, 0.5) is 0 Å². The van der Waals surface area contributed by atoms with Gasteiger partial charge >= 0.3 is 5.97 Å². The maximum atomic E-state index is 11.0. The third-order valence-corrected chi connectivity index (χ3v) is 5.26. The number of rotatable bonds is 4. The Morgan fingerprint density at radius 2 is 1.72 bits per heavy atom. The zero-order valence-corrected chi connectivity index (χ0v) is 17.7. The molecule has 0 amide bonds. The lowest BCUT2D eigenvalue weighted by Crippen LogP contribution is -1.97. The molecule has 4 aromatic rings. The summed E-state index contributed by atoms with van der Waals surface area (Å²) in [6, 6.07) is 20.3. The van der Waals surface area contributed by atoms with Crippen molar-refractivity contribution in [1.29, 1.82) is 5.26 Å². The van der Waals surface area contributed by atoms with Crippen LogP contribution in [-0.2, 0) is 4.79 Å². The van der Waals surface area contributed by atoms with Crippen molar-refractivity contribution in [2.45, 2.75) is 0 Å². The van der Waals surface area contributed by atoms with Gasteiger partial charge in [-0.2, -0.15) is 14.0 Å². The molecule has 0 aliphatic carbocycles. The first-order chi connectivity index (χ1) is 15.6. The van der Waals surface area contributed by atoms with Gasteiger partial charge in [0, 0.05) is 11.1 Å². The van der Waals surface area contributed by atoms with Crippen LogP contribution in [-0.4, -0.2) is 26.9 Å². The van der Waals surface area contributed by atoms with Gasteiger partial charge in [0.15, 0.2) is 0 Å². The van der Waals surface area contributed by atoms with E-state index in [1.54, 1.807) is 25.3 Å². The third-order valence-electron chi connectivity index (χ3n) is 4.73. The quantitative estimate of drug-likeness (QED) is 0.281. The summed E-state index contributed by atoms with van der Waals surface area (Å²) in [5.74, 6) is 5.84. The minimum atomic E-state index is -1.25. The number of hydrogen-bond acceptors (Lipinski definition) is 6. The highest BCUT2D eigenvalue weighted by atomic mass is 32.1. The number of aromatic nitrogens is 2. The van der Waals surface area contributed by atoms with E-state index in [0.717, 1.165) is 50.8 Å². The summed E-state index contributed by atoms with van der Waals surface area (Å²) in [6.07, 6.45) is 1.34. The molecule has 154 valence electrons. The topological polar surface area (TPSA) is 96.1 Å². The molecule has 0 radical (unpaired) electrons. The molecule has 0 saturated carbocycles. The van der Waals surface area contributed by atoms with Gasteiger partial charge in [0.25, 0.3) is 0 Å². The maximum absolute atomic E-state index is 11.0. The molecule has 3 aromatic carbocycles. The Hall–Kier alpha value is -4.46. The third kappa shape index (κ3) is 4.34. The zero-order chi connectivity index (χ0) is 22.5. The summed E-state index contributed by atoms with van der Waals surface area (Å²) >= 11 is 1.13. The highest BCUT2D eigenvalue weighted by Crippen LogP contribution is 2.30. The van der Waals surface area contributed by atoms with Gasteiger partial charge in [-0.05, 0) is 47.5 Å². The van der Waals surface area contributed by atoms with Crippen LogP contribution in [0.15, 0.2) is 66.2 Å². The first kappa shape index (κ1) is 20.8. The fraction of sp³-hybridized carbons (Fsp3) is 0.0400. The van der Waals surface area contributed by atoms with E-state index in [4.69, 9.17) is 15.1 Å².